The van der Waals surface area contributed by atoms with Crippen molar-refractivity contribution in [2.24, 2.45) is 4.99 Å². The molecule has 0 amide bonds. The molecular formula is C26H32N4O. The minimum Gasteiger partial charge on any atom is -0.324 e. The Balaban J connectivity index is 1.75. The van der Waals surface area contributed by atoms with Gasteiger partial charge in [-0.25, -0.2) is 4.68 Å². The summed E-state index contributed by atoms with van der Waals surface area (Å²) in [5.74, 6) is 0.567. The van der Waals surface area contributed by atoms with Crippen LogP contribution in [0.1, 0.15) is 49.6 Å². The predicted molar refractivity (Wildman–Crippen MR) is 130 cm³/mol. The maximum absolute atomic E-state index is 11.8. The minimum atomic E-state index is -0.156. The van der Waals surface area contributed by atoms with Crippen LogP contribution in [-0.2, 0) is 11.8 Å². The average molecular weight is 417 g/mol. The van der Waals surface area contributed by atoms with Gasteiger partial charge in [-0.1, -0.05) is 81.9 Å². The highest BCUT2D eigenvalue weighted by molar-refractivity contribution is 5.90. The molecule has 0 saturated heterocycles. The van der Waals surface area contributed by atoms with Gasteiger partial charge in [0.25, 0.3) is 5.56 Å². The van der Waals surface area contributed by atoms with Gasteiger partial charge in [0.15, 0.2) is 0 Å². The molecule has 162 valence electrons. The predicted octanol–water partition coefficient (Wildman–Crippen LogP) is 4.88. The van der Waals surface area contributed by atoms with Crippen LogP contribution in [-0.4, -0.2) is 22.3 Å². The summed E-state index contributed by atoms with van der Waals surface area (Å²) in [6.45, 7) is 13.3. The van der Waals surface area contributed by atoms with Crippen LogP contribution in [0, 0.1) is 6.92 Å². The zero-order valence-electron chi connectivity index (χ0n) is 18.9. The second kappa shape index (κ2) is 9.65. The smallest absolute Gasteiger partial charge is 0.264 e. The van der Waals surface area contributed by atoms with E-state index in [4.69, 9.17) is 4.99 Å². The van der Waals surface area contributed by atoms with Crippen molar-refractivity contribution < 1.29 is 0 Å². The molecule has 2 N–H and O–H groups in total. The number of hydrogen-bond donors (Lipinski definition) is 2. The van der Waals surface area contributed by atoms with Crippen LogP contribution in [0.3, 0.4) is 0 Å². The van der Waals surface area contributed by atoms with Gasteiger partial charge >= 0.3 is 0 Å². The third kappa shape index (κ3) is 6.07. The van der Waals surface area contributed by atoms with Crippen molar-refractivity contribution in [1.29, 1.82) is 0 Å². The standard InChI is InChI=1S/C26H32N4O/c1-19-18-24(31)29-30(19)25(27-17-9-12-21-10-7-6-8-11-21)28-20(2)22-13-15-23(16-14-22)26(3,4)5/h6-8,10-11,13-16,18H,2,9,12,17H2,1,3-5H3,(H,27,28)(H,29,31). The first-order valence-corrected chi connectivity index (χ1v) is 10.7. The molecule has 0 bridgehead atoms. The average Bonchev–Trinajstić information content (AvgIpc) is 3.08. The molecule has 0 unspecified atom stereocenters. The van der Waals surface area contributed by atoms with E-state index < -0.39 is 0 Å². The molecule has 0 aliphatic heterocycles. The van der Waals surface area contributed by atoms with Crippen LogP contribution in [0.25, 0.3) is 5.70 Å². The van der Waals surface area contributed by atoms with E-state index >= 15 is 0 Å². The Labute approximate surface area is 184 Å². The van der Waals surface area contributed by atoms with E-state index in [2.05, 4.69) is 86.3 Å². The van der Waals surface area contributed by atoms with Gasteiger partial charge in [-0.2, -0.15) is 0 Å². The number of aryl methyl sites for hydroxylation is 2. The second-order valence-electron chi connectivity index (χ2n) is 8.82. The quantitative estimate of drug-likeness (QED) is 0.342. The molecule has 0 saturated carbocycles. The zero-order valence-corrected chi connectivity index (χ0v) is 18.9. The highest BCUT2D eigenvalue weighted by Gasteiger charge is 2.14. The van der Waals surface area contributed by atoms with E-state index in [0.29, 0.717) is 12.5 Å². The Hall–Kier alpha value is -3.34. The van der Waals surface area contributed by atoms with E-state index in [9.17, 15) is 4.79 Å². The highest BCUT2D eigenvalue weighted by atomic mass is 16.1. The van der Waals surface area contributed by atoms with Gasteiger partial charge in [0, 0.05) is 24.0 Å². The molecule has 31 heavy (non-hydrogen) atoms. The van der Waals surface area contributed by atoms with Crippen molar-refractivity contribution in [3.63, 3.8) is 0 Å². The molecule has 0 fully saturated rings. The van der Waals surface area contributed by atoms with E-state index in [1.807, 2.05) is 13.0 Å². The SMILES string of the molecule is C=C(NC(=NCCCc1ccccc1)n1[nH]c(=O)cc1C)c1ccc(C(C)(C)C)cc1. The maximum atomic E-state index is 11.8. The fourth-order valence-corrected chi connectivity index (χ4v) is 3.36. The number of rotatable bonds is 6. The van der Waals surface area contributed by atoms with Gasteiger partial charge in [-0.3, -0.25) is 14.9 Å². The Bertz CT molecular complexity index is 1100. The minimum absolute atomic E-state index is 0.0976. The van der Waals surface area contributed by atoms with Crippen LogP contribution in [0.2, 0.25) is 0 Å². The Morgan fingerprint density at radius 1 is 1.10 bits per heavy atom. The Morgan fingerprint density at radius 2 is 1.77 bits per heavy atom. The maximum Gasteiger partial charge on any atom is 0.264 e. The number of H-pyrrole nitrogens is 1. The number of nitrogens with zero attached hydrogens (tertiary/aromatic N) is 2. The lowest BCUT2D eigenvalue weighted by atomic mass is 9.86. The molecule has 0 spiro atoms. The summed E-state index contributed by atoms with van der Waals surface area (Å²) in [7, 11) is 0. The van der Waals surface area contributed by atoms with Crippen LogP contribution in [0.5, 0.6) is 0 Å². The summed E-state index contributed by atoms with van der Waals surface area (Å²) in [6.07, 6.45) is 1.86. The summed E-state index contributed by atoms with van der Waals surface area (Å²) < 4.78 is 1.68. The zero-order chi connectivity index (χ0) is 22.4. The van der Waals surface area contributed by atoms with E-state index in [0.717, 1.165) is 29.8 Å². The molecule has 3 aromatic rings. The number of hydrogen-bond acceptors (Lipinski definition) is 2. The van der Waals surface area contributed by atoms with Crippen LogP contribution in [0.15, 0.2) is 77.0 Å². The molecule has 2 aromatic carbocycles. The van der Waals surface area contributed by atoms with Crippen LogP contribution in [0.4, 0.5) is 0 Å². The molecule has 1 aromatic heterocycles. The monoisotopic (exact) mass is 416 g/mol. The topological polar surface area (TPSA) is 62.2 Å². The summed E-state index contributed by atoms with van der Waals surface area (Å²) in [5.41, 5.74) is 5.01. The van der Waals surface area contributed by atoms with Gasteiger partial charge in [0.1, 0.15) is 0 Å². The lowest BCUT2D eigenvalue weighted by Gasteiger charge is -2.20. The fraction of sp³-hybridized carbons (Fsp3) is 0.308. The van der Waals surface area contributed by atoms with Crippen LogP contribution >= 0.6 is 0 Å². The summed E-state index contributed by atoms with van der Waals surface area (Å²) in [4.78, 5) is 16.6. The van der Waals surface area contributed by atoms with Crippen molar-refractivity contribution in [3.8, 4) is 0 Å². The number of benzene rings is 2. The first kappa shape index (κ1) is 22.3. The molecule has 1 heterocycles. The van der Waals surface area contributed by atoms with Gasteiger partial charge in [0.2, 0.25) is 5.96 Å². The Morgan fingerprint density at radius 3 is 2.35 bits per heavy atom. The number of aliphatic imine (C=N–C) groups is 1. The highest BCUT2D eigenvalue weighted by Crippen LogP contribution is 2.23. The third-order valence-corrected chi connectivity index (χ3v) is 5.22. The molecule has 0 radical (unpaired) electrons. The molecular weight excluding hydrogens is 384 g/mol. The van der Waals surface area contributed by atoms with Crippen molar-refractivity contribution in [2.45, 2.75) is 46.0 Å². The van der Waals surface area contributed by atoms with Crippen molar-refractivity contribution in [3.05, 3.63) is 100.0 Å². The number of aromatic nitrogens is 2. The van der Waals surface area contributed by atoms with Crippen LogP contribution < -0.4 is 10.9 Å². The lowest BCUT2D eigenvalue weighted by molar-refractivity contribution is 0.590. The molecule has 5 nitrogen and oxygen atoms in total. The Kier molecular flexibility index (Phi) is 6.95. The summed E-state index contributed by atoms with van der Waals surface area (Å²) in [5, 5.41) is 6.12. The number of nitrogens with one attached hydrogen (secondary N) is 2. The first-order valence-electron chi connectivity index (χ1n) is 10.7. The van der Waals surface area contributed by atoms with Crippen molar-refractivity contribution in [2.75, 3.05) is 6.54 Å². The first-order chi connectivity index (χ1) is 14.7. The molecule has 0 aliphatic carbocycles. The molecule has 0 aliphatic rings. The molecule has 3 rings (SSSR count). The molecule has 5 heteroatoms. The second-order valence-corrected chi connectivity index (χ2v) is 8.82. The summed E-state index contributed by atoms with van der Waals surface area (Å²) in [6, 6.07) is 20.3. The van der Waals surface area contributed by atoms with Gasteiger partial charge < -0.3 is 5.32 Å². The lowest BCUT2D eigenvalue weighted by Crippen LogP contribution is -2.31. The summed E-state index contributed by atoms with van der Waals surface area (Å²) >= 11 is 0. The molecule has 0 atom stereocenters. The van der Waals surface area contributed by atoms with E-state index in [1.165, 1.54) is 11.1 Å². The normalized spacial score (nSPS) is 12.1. The largest absolute Gasteiger partial charge is 0.324 e. The van der Waals surface area contributed by atoms with E-state index in [-0.39, 0.29) is 11.0 Å². The third-order valence-electron chi connectivity index (χ3n) is 5.22. The van der Waals surface area contributed by atoms with Crippen molar-refractivity contribution >= 4 is 11.7 Å². The van der Waals surface area contributed by atoms with Gasteiger partial charge in [0.05, 0.1) is 0 Å². The number of aromatic amines is 1. The van der Waals surface area contributed by atoms with Crippen molar-refractivity contribution in [1.82, 2.24) is 15.1 Å². The van der Waals surface area contributed by atoms with Gasteiger partial charge in [-0.15, -0.1) is 0 Å². The fourth-order valence-electron chi connectivity index (χ4n) is 3.36. The van der Waals surface area contributed by atoms with Gasteiger partial charge in [-0.05, 0) is 41.9 Å². The van der Waals surface area contributed by atoms with E-state index in [1.54, 1.807) is 10.7 Å².